The van der Waals surface area contributed by atoms with Gasteiger partial charge >= 0.3 is 0 Å². The van der Waals surface area contributed by atoms with Crippen LogP contribution in [0, 0.1) is 0 Å². The molecular weight excluding hydrogens is 222 g/mol. The molecule has 5 nitrogen and oxygen atoms in total. The molecule has 1 heterocycles. The Balaban J connectivity index is 2.18. The number of amides is 1. The predicted octanol–water partition coefficient (Wildman–Crippen LogP) is 0.903. The maximum absolute atomic E-state index is 12.0. The van der Waals surface area contributed by atoms with Crippen molar-refractivity contribution in [3.8, 4) is 11.5 Å². The zero-order valence-corrected chi connectivity index (χ0v) is 9.22. The highest BCUT2D eigenvalue weighted by molar-refractivity contribution is 5.97. The van der Waals surface area contributed by atoms with Crippen molar-refractivity contribution in [1.29, 1.82) is 0 Å². The van der Waals surface area contributed by atoms with Gasteiger partial charge in [0.25, 0.3) is 5.91 Å². The molecule has 1 aromatic carbocycles. The van der Waals surface area contributed by atoms with Gasteiger partial charge in [-0.05, 0) is 24.6 Å². The minimum absolute atomic E-state index is 0.0487. The van der Waals surface area contributed by atoms with Crippen LogP contribution in [0.15, 0.2) is 18.2 Å². The van der Waals surface area contributed by atoms with Crippen LogP contribution in [0.25, 0.3) is 0 Å². The van der Waals surface area contributed by atoms with Gasteiger partial charge in [0.05, 0.1) is 6.54 Å². The Kier molecular flexibility index (Phi) is 2.99. The van der Waals surface area contributed by atoms with Crippen LogP contribution in [-0.2, 0) is 4.79 Å². The molecule has 0 saturated carbocycles. The van der Waals surface area contributed by atoms with Crippen molar-refractivity contribution in [2.24, 2.45) is 0 Å². The van der Waals surface area contributed by atoms with Gasteiger partial charge in [-0.3, -0.25) is 9.59 Å². The molecule has 90 valence electrons. The van der Waals surface area contributed by atoms with Crippen LogP contribution in [0.3, 0.4) is 0 Å². The second-order valence-corrected chi connectivity index (χ2v) is 4.07. The van der Waals surface area contributed by atoms with E-state index in [0.717, 1.165) is 0 Å². The predicted molar refractivity (Wildman–Crippen MR) is 59.9 cm³/mol. The third-order valence-corrected chi connectivity index (χ3v) is 2.76. The van der Waals surface area contributed by atoms with Gasteiger partial charge in [-0.1, -0.05) is 0 Å². The number of hydrogen-bond acceptors (Lipinski definition) is 4. The average molecular weight is 235 g/mol. The monoisotopic (exact) mass is 235 g/mol. The molecule has 0 spiro atoms. The third-order valence-electron chi connectivity index (χ3n) is 2.76. The zero-order valence-electron chi connectivity index (χ0n) is 9.22. The first-order valence-corrected chi connectivity index (χ1v) is 5.41. The standard InChI is InChI=1S/C12H13NO4/c14-9-2-1-5-13(7-9)12(17)8-3-4-10(15)11(16)6-8/h3-4,6,15-16H,1-2,5,7H2. The van der Waals surface area contributed by atoms with Crippen LogP contribution >= 0.6 is 0 Å². The second-order valence-electron chi connectivity index (χ2n) is 4.07. The molecule has 0 radical (unpaired) electrons. The lowest BCUT2D eigenvalue weighted by Gasteiger charge is -2.25. The number of carbonyl (C=O) groups excluding carboxylic acids is 2. The summed E-state index contributed by atoms with van der Waals surface area (Å²) in [6.45, 7) is 0.673. The molecule has 0 bridgehead atoms. The van der Waals surface area contributed by atoms with Gasteiger partial charge in [0.15, 0.2) is 17.3 Å². The van der Waals surface area contributed by atoms with Gasteiger partial charge in [-0.2, -0.15) is 0 Å². The van der Waals surface area contributed by atoms with Gasteiger partial charge in [-0.15, -0.1) is 0 Å². The van der Waals surface area contributed by atoms with Crippen LogP contribution in [0.4, 0.5) is 0 Å². The molecule has 1 saturated heterocycles. The number of aromatic hydroxyl groups is 2. The average Bonchev–Trinajstić information content (AvgIpc) is 2.32. The van der Waals surface area contributed by atoms with E-state index in [0.29, 0.717) is 19.4 Å². The van der Waals surface area contributed by atoms with E-state index in [4.69, 9.17) is 5.11 Å². The molecule has 0 aliphatic carbocycles. The van der Waals surface area contributed by atoms with Crippen molar-refractivity contribution in [2.45, 2.75) is 12.8 Å². The number of Topliss-reactive ketones (excluding diaryl/α,β-unsaturated/α-hetero) is 1. The fraction of sp³-hybridized carbons (Fsp3) is 0.333. The fourth-order valence-electron chi connectivity index (χ4n) is 1.85. The van der Waals surface area contributed by atoms with E-state index in [1.165, 1.54) is 23.1 Å². The molecule has 1 fully saturated rings. The number of rotatable bonds is 1. The van der Waals surface area contributed by atoms with Crippen LogP contribution in [0.5, 0.6) is 11.5 Å². The molecule has 1 aromatic rings. The van der Waals surface area contributed by atoms with Crippen LogP contribution in [-0.4, -0.2) is 39.9 Å². The zero-order chi connectivity index (χ0) is 12.4. The highest BCUT2D eigenvalue weighted by atomic mass is 16.3. The SMILES string of the molecule is O=C1CCCN(C(=O)c2ccc(O)c(O)c2)C1. The fourth-order valence-corrected chi connectivity index (χ4v) is 1.85. The van der Waals surface area contributed by atoms with Gasteiger partial charge in [0.1, 0.15) is 0 Å². The van der Waals surface area contributed by atoms with Crippen molar-refractivity contribution >= 4 is 11.7 Å². The number of carbonyl (C=O) groups is 2. The molecule has 1 aliphatic heterocycles. The van der Waals surface area contributed by atoms with E-state index in [1.807, 2.05) is 0 Å². The van der Waals surface area contributed by atoms with Crippen molar-refractivity contribution in [1.82, 2.24) is 4.90 Å². The molecule has 0 aromatic heterocycles. The van der Waals surface area contributed by atoms with Gasteiger partial charge in [0.2, 0.25) is 0 Å². The van der Waals surface area contributed by atoms with Crippen LogP contribution in [0.2, 0.25) is 0 Å². The highest BCUT2D eigenvalue weighted by Gasteiger charge is 2.22. The van der Waals surface area contributed by atoms with Gasteiger partial charge in [0, 0.05) is 18.5 Å². The molecule has 5 heteroatoms. The molecule has 1 amide bonds. The van der Waals surface area contributed by atoms with Crippen molar-refractivity contribution in [3.63, 3.8) is 0 Å². The number of hydrogen-bond donors (Lipinski definition) is 2. The Morgan fingerprint density at radius 2 is 2.00 bits per heavy atom. The molecule has 1 aliphatic rings. The van der Waals surface area contributed by atoms with Gasteiger partial charge in [-0.25, -0.2) is 0 Å². The molecular formula is C12H13NO4. The summed E-state index contributed by atoms with van der Waals surface area (Å²) < 4.78 is 0. The Bertz CT molecular complexity index is 470. The van der Waals surface area contributed by atoms with E-state index < -0.39 is 0 Å². The third kappa shape index (κ3) is 2.38. The first-order chi connectivity index (χ1) is 8.08. The quantitative estimate of drug-likeness (QED) is 0.709. The first-order valence-electron chi connectivity index (χ1n) is 5.41. The molecule has 2 rings (SSSR count). The Hall–Kier alpha value is -2.04. The molecule has 0 unspecified atom stereocenters. The normalized spacial score (nSPS) is 16.0. The van der Waals surface area contributed by atoms with E-state index in [1.54, 1.807) is 0 Å². The number of phenolic OH excluding ortho intramolecular Hbond substituents is 2. The van der Waals surface area contributed by atoms with Crippen molar-refractivity contribution in [3.05, 3.63) is 23.8 Å². The summed E-state index contributed by atoms with van der Waals surface area (Å²) in [7, 11) is 0. The van der Waals surface area contributed by atoms with Crippen molar-refractivity contribution in [2.75, 3.05) is 13.1 Å². The number of piperidine rings is 1. The largest absolute Gasteiger partial charge is 0.504 e. The smallest absolute Gasteiger partial charge is 0.254 e. The number of phenols is 2. The summed E-state index contributed by atoms with van der Waals surface area (Å²) in [4.78, 5) is 24.7. The molecule has 17 heavy (non-hydrogen) atoms. The number of benzene rings is 1. The minimum Gasteiger partial charge on any atom is -0.504 e. The molecule has 0 atom stereocenters. The summed E-state index contributed by atoms with van der Waals surface area (Å²) in [5, 5.41) is 18.5. The topological polar surface area (TPSA) is 77.8 Å². The second kappa shape index (κ2) is 4.45. The highest BCUT2D eigenvalue weighted by Crippen LogP contribution is 2.25. The lowest BCUT2D eigenvalue weighted by Crippen LogP contribution is -2.40. The summed E-state index contributed by atoms with van der Waals surface area (Å²) in [5.41, 5.74) is 0.273. The summed E-state index contributed by atoms with van der Waals surface area (Å²) >= 11 is 0. The Morgan fingerprint density at radius 3 is 2.65 bits per heavy atom. The van der Waals surface area contributed by atoms with E-state index in [9.17, 15) is 14.7 Å². The van der Waals surface area contributed by atoms with Gasteiger partial charge < -0.3 is 15.1 Å². The minimum atomic E-state index is -0.334. The summed E-state index contributed by atoms with van der Waals surface area (Å²) in [5.74, 6) is -0.851. The Morgan fingerprint density at radius 1 is 1.24 bits per heavy atom. The summed E-state index contributed by atoms with van der Waals surface area (Å²) in [6.07, 6.45) is 1.19. The maximum Gasteiger partial charge on any atom is 0.254 e. The number of ketones is 1. The van der Waals surface area contributed by atoms with E-state index in [2.05, 4.69) is 0 Å². The number of likely N-dealkylation sites (tertiary alicyclic amines) is 1. The lowest BCUT2D eigenvalue weighted by atomic mass is 10.1. The van der Waals surface area contributed by atoms with Crippen molar-refractivity contribution < 1.29 is 19.8 Å². The maximum atomic E-state index is 12.0. The van der Waals surface area contributed by atoms with E-state index in [-0.39, 0.29) is 35.3 Å². The Labute approximate surface area is 98.3 Å². The first kappa shape index (κ1) is 11.4. The summed E-state index contributed by atoms with van der Waals surface area (Å²) in [6, 6.07) is 3.89. The molecule has 2 N–H and O–H groups in total. The van der Waals surface area contributed by atoms with Crippen LogP contribution in [0.1, 0.15) is 23.2 Å². The number of nitrogens with zero attached hydrogens (tertiary/aromatic N) is 1. The lowest BCUT2D eigenvalue weighted by molar-refractivity contribution is -0.121. The van der Waals surface area contributed by atoms with Crippen LogP contribution < -0.4 is 0 Å². The van der Waals surface area contributed by atoms with E-state index >= 15 is 0 Å².